The Morgan fingerprint density at radius 2 is 2.16 bits per heavy atom. The van der Waals surface area contributed by atoms with Gasteiger partial charge in [0.05, 0.1) is 18.9 Å². The van der Waals surface area contributed by atoms with Crippen molar-refractivity contribution in [3.8, 4) is 0 Å². The SMILES string of the molecule is Cn1c(C(=O)Nc2ccc(Br)nc2)ccc1[N+](=O)[O-]. The predicted octanol–water partition coefficient (Wildman–Crippen LogP) is 2.34. The first-order valence-corrected chi connectivity index (χ1v) is 6.01. The van der Waals surface area contributed by atoms with Gasteiger partial charge in [-0.25, -0.2) is 9.55 Å². The number of nitrogens with one attached hydrogen (secondary N) is 1. The molecule has 0 aliphatic rings. The van der Waals surface area contributed by atoms with Crippen molar-refractivity contribution in [2.75, 3.05) is 5.32 Å². The molecule has 19 heavy (non-hydrogen) atoms. The number of hydrogen-bond acceptors (Lipinski definition) is 4. The second-order valence-corrected chi connectivity index (χ2v) is 4.53. The molecular weight excluding hydrogens is 316 g/mol. The van der Waals surface area contributed by atoms with Gasteiger partial charge in [0.15, 0.2) is 5.69 Å². The molecular formula is C11H9BrN4O3. The summed E-state index contributed by atoms with van der Waals surface area (Å²) in [5, 5.41) is 13.3. The Morgan fingerprint density at radius 1 is 1.42 bits per heavy atom. The third kappa shape index (κ3) is 2.79. The van der Waals surface area contributed by atoms with Crippen molar-refractivity contribution in [3.05, 3.63) is 50.9 Å². The van der Waals surface area contributed by atoms with Gasteiger partial charge in [0.2, 0.25) is 0 Å². The van der Waals surface area contributed by atoms with Gasteiger partial charge in [0.25, 0.3) is 5.91 Å². The molecule has 2 aromatic rings. The molecule has 0 unspecified atom stereocenters. The summed E-state index contributed by atoms with van der Waals surface area (Å²) in [6, 6.07) is 6.05. The van der Waals surface area contributed by atoms with Gasteiger partial charge in [0.1, 0.15) is 4.60 Å². The van der Waals surface area contributed by atoms with Crippen molar-refractivity contribution < 1.29 is 9.72 Å². The molecule has 0 aromatic carbocycles. The molecule has 8 heteroatoms. The Balaban J connectivity index is 2.21. The summed E-state index contributed by atoms with van der Waals surface area (Å²) in [4.78, 5) is 26.1. The first-order chi connectivity index (χ1) is 8.99. The lowest BCUT2D eigenvalue weighted by Crippen LogP contribution is -2.16. The van der Waals surface area contributed by atoms with Crippen molar-refractivity contribution in [3.63, 3.8) is 0 Å². The third-order valence-corrected chi connectivity index (χ3v) is 2.97. The average Bonchev–Trinajstić information content (AvgIpc) is 2.74. The minimum atomic E-state index is -0.544. The lowest BCUT2D eigenvalue weighted by Gasteiger charge is -2.03. The van der Waals surface area contributed by atoms with Gasteiger partial charge in [-0.15, -0.1) is 0 Å². The molecule has 98 valence electrons. The van der Waals surface area contributed by atoms with Crippen molar-refractivity contribution in [2.45, 2.75) is 0 Å². The minimum Gasteiger partial charge on any atom is -0.358 e. The van der Waals surface area contributed by atoms with E-state index >= 15 is 0 Å². The predicted molar refractivity (Wildman–Crippen MR) is 72.0 cm³/mol. The summed E-state index contributed by atoms with van der Waals surface area (Å²) in [5.74, 6) is -0.571. The fourth-order valence-corrected chi connectivity index (χ4v) is 1.79. The highest BCUT2D eigenvalue weighted by Crippen LogP contribution is 2.17. The zero-order valence-electron chi connectivity index (χ0n) is 9.83. The summed E-state index contributed by atoms with van der Waals surface area (Å²) < 4.78 is 1.88. The number of amides is 1. The number of anilines is 1. The molecule has 1 N–H and O–H groups in total. The summed E-state index contributed by atoms with van der Waals surface area (Å²) >= 11 is 3.18. The van der Waals surface area contributed by atoms with E-state index in [4.69, 9.17) is 0 Å². The van der Waals surface area contributed by atoms with E-state index < -0.39 is 10.8 Å². The third-order valence-electron chi connectivity index (χ3n) is 2.50. The maximum atomic E-state index is 12.0. The van der Waals surface area contributed by atoms with Crippen LogP contribution in [-0.2, 0) is 7.05 Å². The van der Waals surface area contributed by atoms with Gasteiger partial charge < -0.3 is 15.4 Å². The van der Waals surface area contributed by atoms with E-state index in [1.807, 2.05) is 0 Å². The van der Waals surface area contributed by atoms with Crippen molar-refractivity contribution in [1.82, 2.24) is 9.55 Å². The zero-order chi connectivity index (χ0) is 14.0. The molecule has 1 amide bonds. The summed E-state index contributed by atoms with van der Waals surface area (Å²) in [6.07, 6.45) is 1.49. The number of nitro groups is 1. The molecule has 0 atom stereocenters. The Hall–Kier alpha value is -2.22. The van der Waals surface area contributed by atoms with Crippen LogP contribution in [0.2, 0.25) is 0 Å². The number of carbonyl (C=O) groups excluding carboxylic acids is 1. The molecule has 2 rings (SSSR count). The molecule has 0 spiro atoms. The molecule has 0 bridgehead atoms. The van der Waals surface area contributed by atoms with Gasteiger partial charge in [-0.3, -0.25) is 4.79 Å². The van der Waals surface area contributed by atoms with Crippen LogP contribution in [0.5, 0.6) is 0 Å². The zero-order valence-corrected chi connectivity index (χ0v) is 11.4. The topological polar surface area (TPSA) is 90.1 Å². The summed E-state index contributed by atoms with van der Waals surface area (Å²) in [6.45, 7) is 0. The number of halogens is 1. The quantitative estimate of drug-likeness (QED) is 0.533. The van der Waals surface area contributed by atoms with Crippen LogP contribution in [0.15, 0.2) is 35.1 Å². The molecule has 2 aromatic heterocycles. The van der Waals surface area contributed by atoms with Crippen LogP contribution >= 0.6 is 15.9 Å². The van der Waals surface area contributed by atoms with Crippen molar-refractivity contribution in [2.24, 2.45) is 7.05 Å². The standard InChI is InChI=1S/C11H9BrN4O3/c1-15-8(3-5-10(15)16(18)19)11(17)14-7-2-4-9(12)13-6-7/h2-6H,1H3,(H,14,17). The second kappa shape index (κ2) is 5.19. The van der Waals surface area contributed by atoms with Gasteiger partial charge in [-0.2, -0.15) is 0 Å². The number of nitrogens with zero attached hydrogens (tertiary/aromatic N) is 3. The van der Waals surface area contributed by atoms with Gasteiger partial charge in [0, 0.05) is 6.07 Å². The lowest BCUT2D eigenvalue weighted by molar-refractivity contribution is -0.391. The molecule has 7 nitrogen and oxygen atoms in total. The fraction of sp³-hybridized carbons (Fsp3) is 0.0909. The first kappa shape index (κ1) is 13.2. The summed E-state index contributed by atoms with van der Waals surface area (Å²) in [7, 11) is 1.47. The highest BCUT2D eigenvalue weighted by molar-refractivity contribution is 9.10. The van der Waals surface area contributed by atoms with E-state index in [1.165, 1.54) is 29.9 Å². The number of aromatic nitrogens is 2. The smallest absolute Gasteiger partial charge is 0.323 e. The van der Waals surface area contributed by atoms with E-state index in [0.717, 1.165) is 0 Å². The summed E-state index contributed by atoms with van der Waals surface area (Å²) in [5.41, 5.74) is 0.715. The lowest BCUT2D eigenvalue weighted by atomic mass is 10.3. The highest BCUT2D eigenvalue weighted by atomic mass is 79.9. The van der Waals surface area contributed by atoms with Crippen LogP contribution < -0.4 is 5.32 Å². The Kier molecular flexibility index (Phi) is 3.61. The van der Waals surface area contributed by atoms with E-state index in [1.54, 1.807) is 12.1 Å². The van der Waals surface area contributed by atoms with Gasteiger partial charge in [-0.05, 0) is 39.1 Å². The Morgan fingerprint density at radius 3 is 2.68 bits per heavy atom. The number of carbonyl (C=O) groups is 1. The molecule has 0 aliphatic heterocycles. The van der Waals surface area contributed by atoms with E-state index in [-0.39, 0.29) is 11.5 Å². The number of hydrogen-bond donors (Lipinski definition) is 1. The molecule has 0 radical (unpaired) electrons. The van der Waals surface area contributed by atoms with Crippen LogP contribution in [0, 0.1) is 10.1 Å². The molecule has 0 fully saturated rings. The van der Waals surface area contributed by atoms with Crippen LogP contribution in [0.25, 0.3) is 0 Å². The Labute approximate surface area is 116 Å². The maximum Gasteiger partial charge on any atom is 0.323 e. The number of pyridine rings is 1. The molecule has 0 aliphatic carbocycles. The normalized spacial score (nSPS) is 10.2. The minimum absolute atomic E-state index is 0.140. The van der Waals surface area contributed by atoms with Gasteiger partial charge >= 0.3 is 5.82 Å². The van der Waals surface area contributed by atoms with E-state index in [9.17, 15) is 14.9 Å². The highest BCUT2D eigenvalue weighted by Gasteiger charge is 2.20. The second-order valence-electron chi connectivity index (χ2n) is 3.72. The molecule has 2 heterocycles. The average molecular weight is 325 g/mol. The first-order valence-electron chi connectivity index (χ1n) is 5.22. The fourth-order valence-electron chi connectivity index (χ4n) is 1.56. The van der Waals surface area contributed by atoms with E-state index in [2.05, 4.69) is 26.2 Å². The van der Waals surface area contributed by atoms with Crippen molar-refractivity contribution in [1.29, 1.82) is 0 Å². The van der Waals surface area contributed by atoms with Gasteiger partial charge in [-0.1, -0.05) is 0 Å². The van der Waals surface area contributed by atoms with Crippen LogP contribution in [0.3, 0.4) is 0 Å². The largest absolute Gasteiger partial charge is 0.358 e. The molecule has 0 saturated carbocycles. The van der Waals surface area contributed by atoms with E-state index in [0.29, 0.717) is 10.3 Å². The van der Waals surface area contributed by atoms with Crippen molar-refractivity contribution >= 4 is 33.3 Å². The number of rotatable bonds is 3. The monoisotopic (exact) mass is 324 g/mol. The van der Waals surface area contributed by atoms with Crippen LogP contribution in [-0.4, -0.2) is 20.4 Å². The Bertz CT molecular complexity index is 636. The maximum absolute atomic E-state index is 12.0. The van der Waals surface area contributed by atoms with Crippen LogP contribution in [0.4, 0.5) is 11.5 Å². The van der Waals surface area contributed by atoms with Crippen LogP contribution in [0.1, 0.15) is 10.5 Å². The molecule has 0 saturated heterocycles.